The molecule has 17 heavy (non-hydrogen) atoms. The van der Waals surface area contributed by atoms with Crippen molar-refractivity contribution in [1.29, 1.82) is 0 Å². The van der Waals surface area contributed by atoms with E-state index in [1.54, 1.807) is 7.11 Å². The van der Waals surface area contributed by atoms with Gasteiger partial charge in [-0.25, -0.2) is 0 Å². The second-order valence-corrected chi connectivity index (χ2v) is 5.16. The molecule has 0 amide bonds. The zero-order valence-electron chi connectivity index (χ0n) is 9.90. The van der Waals surface area contributed by atoms with E-state index in [1.807, 2.05) is 12.1 Å². The molecule has 3 nitrogen and oxygen atoms in total. The van der Waals surface area contributed by atoms with Crippen molar-refractivity contribution in [3.8, 4) is 0 Å². The highest BCUT2D eigenvalue weighted by molar-refractivity contribution is 7.71. The van der Waals surface area contributed by atoms with Crippen LogP contribution in [-0.2, 0) is 11.3 Å². The van der Waals surface area contributed by atoms with Crippen molar-refractivity contribution in [3.05, 3.63) is 29.0 Å². The Balaban J connectivity index is 2.05. The molecular weight excluding hydrogens is 232 g/mol. The summed E-state index contributed by atoms with van der Waals surface area (Å²) in [6.07, 6.45) is 3.51. The molecule has 1 heterocycles. The third-order valence-corrected chi connectivity index (χ3v) is 4.15. The summed E-state index contributed by atoms with van der Waals surface area (Å²) < 4.78 is 8.62. The van der Waals surface area contributed by atoms with Gasteiger partial charge in [-0.05, 0) is 43.6 Å². The lowest BCUT2D eigenvalue weighted by atomic mass is 9.80. The van der Waals surface area contributed by atoms with Crippen LogP contribution >= 0.6 is 12.2 Å². The molecular formula is C13H16N2OS. The number of fused-ring (bicyclic) bond motifs is 1. The average molecular weight is 248 g/mol. The highest BCUT2D eigenvalue weighted by atomic mass is 32.1. The van der Waals surface area contributed by atoms with Crippen LogP contribution < -0.4 is 0 Å². The van der Waals surface area contributed by atoms with Gasteiger partial charge in [0.15, 0.2) is 4.77 Å². The molecule has 0 unspecified atom stereocenters. The number of aromatic amines is 1. The number of methoxy groups -OCH3 is 1. The Kier molecular flexibility index (Phi) is 2.56. The summed E-state index contributed by atoms with van der Waals surface area (Å²) in [5, 5.41) is 0. The number of hydrogen-bond acceptors (Lipinski definition) is 2. The lowest BCUT2D eigenvalue weighted by molar-refractivity contribution is -0.0830. The van der Waals surface area contributed by atoms with E-state index >= 15 is 0 Å². The Morgan fingerprint density at radius 3 is 2.82 bits per heavy atom. The molecule has 90 valence electrons. The first-order valence-electron chi connectivity index (χ1n) is 5.97. The van der Waals surface area contributed by atoms with Crippen molar-refractivity contribution in [2.75, 3.05) is 7.11 Å². The molecule has 0 spiro atoms. The maximum absolute atomic E-state index is 5.67. The molecule has 1 aromatic heterocycles. The van der Waals surface area contributed by atoms with Gasteiger partial charge in [-0.15, -0.1) is 0 Å². The van der Waals surface area contributed by atoms with E-state index < -0.39 is 0 Å². The van der Waals surface area contributed by atoms with Crippen LogP contribution in [0.15, 0.2) is 24.3 Å². The molecule has 0 bridgehead atoms. The molecule has 1 aromatic carbocycles. The molecule has 1 fully saturated rings. The van der Waals surface area contributed by atoms with E-state index in [1.165, 1.54) is 11.9 Å². The van der Waals surface area contributed by atoms with Crippen molar-refractivity contribution in [3.63, 3.8) is 0 Å². The van der Waals surface area contributed by atoms with Crippen LogP contribution in [0.25, 0.3) is 11.0 Å². The van der Waals surface area contributed by atoms with Crippen LogP contribution in [0.2, 0.25) is 0 Å². The molecule has 1 aliphatic rings. The molecule has 0 radical (unpaired) electrons. The first-order chi connectivity index (χ1) is 8.24. The molecule has 0 atom stereocenters. The Morgan fingerprint density at radius 1 is 1.41 bits per heavy atom. The summed E-state index contributed by atoms with van der Waals surface area (Å²) in [5.41, 5.74) is 2.27. The highest BCUT2D eigenvalue weighted by Crippen LogP contribution is 2.37. The van der Waals surface area contributed by atoms with Crippen LogP contribution in [0, 0.1) is 4.77 Å². The van der Waals surface area contributed by atoms with Crippen molar-refractivity contribution in [1.82, 2.24) is 9.55 Å². The number of benzene rings is 1. The van der Waals surface area contributed by atoms with Gasteiger partial charge >= 0.3 is 0 Å². The predicted octanol–water partition coefficient (Wildman–Crippen LogP) is 3.27. The molecule has 3 rings (SSSR count). The number of nitrogens with one attached hydrogen (secondary N) is 1. The third-order valence-electron chi connectivity index (χ3n) is 3.83. The fourth-order valence-corrected chi connectivity index (χ4v) is 2.82. The summed E-state index contributed by atoms with van der Waals surface area (Å²) in [5.74, 6) is 0. The number of hydrogen-bond donors (Lipinski definition) is 1. The van der Waals surface area contributed by atoms with E-state index in [0.717, 1.165) is 29.7 Å². The molecule has 1 saturated carbocycles. The largest absolute Gasteiger partial charge is 0.376 e. The third kappa shape index (κ3) is 1.72. The lowest BCUT2D eigenvalue weighted by Crippen LogP contribution is -2.43. The van der Waals surface area contributed by atoms with Crippen LogP contribution in [0.3, 0.4) is 0 Å². The molecule has 1 aliphatic carbocycles. The Bertz CT molecular complexity index is 589. The standard InChI is InChI=1S/C13H16N2OS/c1-16-13(7-4-8-13)9-15-11-6-3-2-5-10(11)14-12(15)17/h2-3,5-6H,4,7-9H2,1H3,(H,14,17). The van der Waals surface area contributed by atoms with E-state index in [4.69, 9.17) is 17.0 Å². The SMILES string of the molecule is COC1(Cn2c(=S)[nH]c3ccccc32)CCC1. The summed E-state index contributed by atoms with van der Waals surface area (Å²) in [4.78, 5) is 3.24. The Labute approximate surface area is 105 Å². The normalized spacial score (nSPS) is 18.2. The minimum atomic E-state index is 0.00317. The zero-order valence-corrected chi connectivity index (χ0v) is 10.7. The van der Waals surface area contributed by atoms with Gasteiger partial charge < -0.3 is 14.3 Å². The topological polar surface area (TPSA) is 29.9 Å². The monoisotopic (exact) mass is 248 g/mol. The quantitative estimate of drug-likeness (QED) is 0.845. The molecule has 0 saturated heterocycles. The maximum Gasteiger partial charge on any atom is 0.178 e. The van der Waals surface area contributed by atoms with Gasteiger partial charge in [-0.3, -0.25) is 0 Å². The molecule has 4 heteroatoms. The van der Waals surface area contributed by atoms with Crippen molar-refractivity contribution in [2.24, 2.45) is 0 Å². The maximum atomic E-state index is 5.67. The highest BCUT2D eigenvalue weighted by Gasteiger charge is 2.37. The van der Waals surface area contributed by atoms with Crippen molar-refractivity contribution in [2.45, 2.75) is 31.4 Å². The second kappa shape index (κ2) is 3.96. The summed E-state index contributed by atoms with van der Waals surface area (Å²) in [7, 11) is 1.80. The van der Waals surface area contributed by atoms with E-state index in [-0.39, 0.29) is 5.60 Å². The zero-order chi connectivity index (χ0) is 11.9. The number of aromatic nitrogens is 2. The number of rotatable bonds is 3. The number of H-pyrrole nitrogens is 1. The van der Waals surface area contributed by atoms with Crippen LogP contribution in [-0.4, -0.2) is 22.3 Å². The van der Waals surface area contributed by atoms with Crippen molar-refractivity contribution < 1.29 is 4.74 Å². The van der Waals surface area contributed by atoms with Gasteiger partial charge in [0.05, 0.1) is 23.2 Å². The number of nitrogens with zero attached hydrogens (tertiary/aromatic N) is 1. The number of ether oxygens (including phenoxy) is 1. The van der Waals surface area contributed by atoms with Gasteiger partial charge in [-0.1, -0.05) is 12.1 Å². The van der Waals surface area contributed by atoms with E-state index in [0.29, 0.717) is 0 Å². The smallest absolute Gasteiger partial charge is 0.178 e. The molecule has 0 aliphatic heterocycles. The van der Waals surface area contributed by atoms with Crippen LogP contribution in [0.5, 0.6) is 0 Å². The van der Waals surface area contributed by atoms with Gasteiger partial charge in [0.2, 0.25) is 0 Å². The summed E-state index contributed by atoms with van der Waals surface area (Å²) >= 11 is 5.39. The fraction of sp³-hybridized carbons (Fsp3) is 0.462. The van der Waals surface area contributed by atoms with Crippen LogP contribution in [0.4, 0.5) is 0 Å². The van der Waals surface area contributed by atoms with E-state index in [9.17, 15) is 0 Å². The molecule has 1 N–H and O–H groups in total. The Hall–Kier alpha value is -1.13. The lowest BCUT2D eigenvalue weighted by Gasteiger charge is -2.40. The minimum Gasteiger partial charge on any atom is -0.376 e. The van der Waals surface area contributed by atoms with Crippen molar-refractivity contribution >= 4 is 23.3 Å². The first-order valence-corrected chi connectivity index (χ1v) is 6.38. The minimum absolute atomic E-state index is 0.00317. The predicted molar refractivity (Wildman–Crippen MR) is 70.7 cm³/mol. The Morgan fingerprint density at radius 2 is 2.18 bits per heavy atom. The average Bonchev–Trinajstić information content (AvgIpc) is 2.60. The van der Waals surface area contributed by atoms with Gasteiger partial charge in [0.25, 0.3) is 0 Å². The van der Waals surface area contributed by atoms with Crippen LogP contribution in [0.1, 0.15) is 19.3 Å². The fourth-order valence-electron chi connectivity index (χ4n) is 2.55. The second-order valence-electron chi connectivity index (χ2n) is 4.77. The van der Waals surface area contributed by atoms with Gasteiger partial charge in [-0.2, -0.15) is 0 Å². The number of imidazole rings is 1. The number of para-hydroxylation sites is 2. The van der Waals surface area contributed by atoms with Gasteiger partial charge in [0, 0.05) is 7.11 Å². The summed E-state index contributed by atoms with van der Waals surface area (Å²) in [6.45, 7) is 0.854. The van der Waals surface area contributed by atoms with E-state index in [2.05, 4.69) is 21.7 Å². The first kappa shape index (κ1) is 11.0. The van der Waals surface area contributed by atoms with Gasteiger partial charge in [0.1, 0.15) is 0 Å². The summed E-state index contributed by atoms with van der Waals surface area (Å²) in [6, 6.07) is 8.22. The molecule has 2 aromatic rings.